The average Bonchev–Trinajstić information content (AvgIpc) is 3.36. The molecule has 0 fully saturated rings. The molecule has 8 nitrogen and oxygen atoms in total. The number of sulfonamides is 1. The molecule has 1 N–H and O–H groups in total. The zero-order valence-corrected chi connectivity index (χ0v) is 18.0. The molecule has 0 saturated carbocycles. The van der Waals surface area contributed by atoms with Gasteiger partial charge in [-0.15, -0.1) is 0 Å². The molecule has 2 aliphatic heterocycles. The highest BCUT2D eigenvalue weighted by Crippen LogP contribution is 2.38. The van der Waals surface area contributed by atoms with Gasteiger partial charge in [-0.1, -0.05) is 0 Å². The molecule has 0 saturated heterocycles. The number of carbonyl (C=O) groups is 1. The summed E-state index contributed by atoms with van der Waals surface area (Å²) in [6.45, 7) is 3.23. The van der Waals surface area contributed by atoms with Gasteiger partial charge in [-0.05, 0) is 61.2 Å². The number of nitrogens with one attached hydrogen (secondary N) is 1. The molecular formula is C22H23N5O3S. The van der Waals surface area contributed by atoms with Crippen LogP contribution in [-0.2, 0) is 34.2 Å². The van der Waals surface area contributed by atoms with E-state index in [9.17, 15) is 13.2 Å². The molecule has 0 spiro atoms. The fourth-order valence-corrected chi connectivity index (χ4v) is 5.46. The highest BCUT2D eigenvalue weighted by molar-refractivity contribution is 7.89. The van der Waals surface area contributed by atoms with Crippen LogP contribution in [0.5, 0.6) is 0 Å². The molecular weight excluding hydrogens is 414 g/mol. The summed E-state index contributed by atoms with van der Waals surface area (Å²) in [4.78, 5) is 18.3. The molecule has 3 aromatic rings. The van der Waals surface area contributed by atoms with E-state index in [0.29, 0.717) is 32.4 Å². The summed E-state index contributed by atoms with van der Waals surface area (Å²) in [6.07, 6.45) is 5.18. The van der Waals surface area contributed by atoms with Gasteiger partial charge in [-0.25, -0.2) is 13.1 Å². The summed E-state index contributed by atoms with van der Waals surface area (Å²) in [5, 5.41) is 4.57. The molecule has 9 heteroatoms. The van der Waals surface area contributed by atoms with E-state index >= 15 is 0 Å². The Labute approximate surface area is 181 Å². The molecule has 0 atom stereocenters. The van der Waals surface area contributed by atoms with Crippen LogP contribution < -0.4 is 9.62 Å². The number of amides is 1. The van der Waals surface area contributed by atoms with Crippen molar-refractivity contribution in [1.82, 2.24) is 19.5 Å². The van der Waals surface area contributed by atoms with Crippen LogP contribution in [0.3, 0.4) is 0 Å². The lowest BCUT2D eigenvalue weighted by molar-refractivity contribution is -0.118. The Hall–Kier alpha value is -3.04. The topological polar surface area (TPSA) is 97.2 Å². The third kappa shape index (κ3) is 3.64. The second kappa shape index (κ2) is 7.58. The molecule has 2 aliphatic rings. The van der Waals surface area contributed by atoms with E-state index in [1.54, 1.807) is 34.1 Å². The van der Waals surface area contributed by atoms with Crippen molar-refractivity contribution in [2.45, 2.75) is 37.6 Å². The van der Waals surface area contributed by atoms with Crippen molar-refractivity contribution >= 4 is 21.6 Å². The van der Waals surface area contributed by atoms with Crippen LogP contribution >= 0.6 is 0 Å². The summed E-state index contributed by atoms with van der Waals surface area (Å²) in [5.41, 5.74) is 5.49. The Morgan fingerprint density at radius 2 is 1.94 bits per heavy atom. The maximum Gasteiger partial charge on any atom is 0.240 e. The number of aromatic nitrogens is 3. The third-order valence-corrected chi connectivity index (χ3v) is 7.33. The van der Waals surface area contributed by atoms with Crippen molar-refractivity contribution < 1.29 is 13.2 Å². The first kappa shape index (κ1) is 19.9. The molecule has 1 aromatic carbocycles. The van der Waals surface area contributed by atoms with Crippen molar-refractivity contribution in [2.75, 3.05) is 18.0 Å². The number of benzene rings is 1. The minimum Gasteiger partial charge on any atom is -0.312 e. The lowest BCUT2D eigenvalue weighted by Crippen LogP contribution is -2.33. The van der Waals surface area contributed by atoms with Crippen LogP contribution in [0.1, 0.15) is 23.2 Å². The van der Waals surface area contributed by atoms with Crippen molar-refractivity contribution in [1.29, 1.82) is 0 Å². The van der Waals surface area contributed by atoms with Crippen LogP contribution in [0.25, 0.3) is 11.3 Å². The predicted octanol–water partition coefficient (Wildman–Crippen LogP) is 2.07. The van der Waals surface area contributed by atoms with Gasteiger partial charge in [0.2, 0.25) is 15.9 Å². The molecule has 0 bridgehead atoms. The minimum absolute atomic E-state index is 0.125. The van der Waals surface area contributed by atoms with E-state index in [-0.39, 0.29) is 17.3 Å². The first-order chi connectivity index (χ1) is 14.9. The summed E-state index contributed by atoms with van der Waals surface area (Å²) in [6, 6.07) is 9.18. The normalized spacial score (nSPS) is 15.4. The zero-order valence-electron chi connectivity index (χ0n) is 17.2. The number of anilines is 1. The SMILES string of the molecule is Cc1cc(-c2cccnc2)nn1CCNS(=O)(=O)c1cc2c3c(c1)CCN3C(=O)CC2. The van der Waals surface area contributed by atoms with Crippen molar-refractivity contribution in [3.63, 3.8) is 0 Å². The van der Waals surface area contributed by atoms with Crippen LogP contribution in [0.15, 0.2) is 47.6 Å². The molecule has 0 radical (unpaired) electrons. The number of hydrogen-bond acceptors (Lipinski definition) is 5. The molecule has 0 unspecified atom stereocenters. The maximum atomic E-state index is 12.9. The molecule has 1 amide bonds. The van der Waals surface area contributed by atoms with Crippen LogP contribution in [0.4, 0.5) is 5.69 Å². The van der Waals surface area contributed by atoms with Gasteiger partial charge in [-0.3, -0.25) is 14.5 Å². The van der Waals surface area contributed by atoms with Gasteiger partial charge in [0, 0.05) is 43.2 Å². The predicted molar refractivity (Wildman–Crippen MR) is 116 cm³/mol. The fraction of sp³-hybridized carbons (Fsp3) is 0.318. The quantitative estimate of drug-likeness (QED) is 0.637. The van der Waals surface area contributed by atoms with Crippen LogP contribution in [-0.4, -0.2) is 42.2 Å². The van der Waals surface area contributed by atoms with E-state index in [4.69, 9.17) is 0 Å². The van der Waals surface area contributed by atoms with E-state index < -0.39 is 10.0 Å². The summed E-state index contributed by atoms with van der Waals surface area (Å²) < 4.78 is 30.4. The number of aryl methyl sites for hydroxylation is 2. The molecule has 4 heterocycles. The Bertz CT molecular complexity index is 1270. The van der Waals surface area contributed by atoms with Gasteiger partial charge in [0.15, 0.2) is 0 Å². The first-order valence-electron chi connectivity index (χ1n) is 10.3. The number of rotatable bonds is 6. The van der Waals surface area contributed by atoms with Crippen molar-refractivity contribution in [3.05, 3.63) is 59.5 Å². The van der Waals surface area contributed by atoms with Crippen molar-refractivity contribution in [3.8, 4) is 11.3 Å². The van der Waals surface area contributed by atoms with Gasteiger partial charge in [0.25, 0.3) is 0 Å². The standard InChI is InChI=1S/C22H23N5O3S/c1-15-11-20(18-3-2-7-23-14-18)25-27(15)10-8-24-31(29,30)19-12-16-4-5-21(28)26-9-6-17(13-19)22(16)26/h2-3,7,11-14,24H,4-6,8-10H2,1H3. The Morgan fingerprint density at radius 3 is 2.71 bits per heavy atom. The van der Waals surface area contributed by atoms with Gasteiger partial charge in [-0.2, -0.15) is 5.10 Å². The van der Waals surface area contributed by atoms with Gasteiger partial charge in [0.05, 0.1) is 22.8 Å². The summed E-state index contributed by atoms with van der Waals surface area (Å²) >= 11 is 0. The second-order valence-electron chi connectivity index (χ2n) is 7.92. The van der Waals surface area contributed by atoms with E-state index in [0.717, 1.165) is 33.8 Å². The Balaban J connectivity index is 1.31. The van der Waals surface area contributed by atoms with E-state index in [1.165, 1.54) is 0 Å². The summed E-state index contributed by atoms with van der Waals surface area (Å²) in [5.74, 6) is 0.125. The largest absolute Gasteiger partial charge is 0.312 e. The smallest absolute Gasteiger partial charge is 0.240 e. The Morgan fingerprint density at radius 1 is 1.13 bits per heavy atom. The molecule has 5 rings (SSSR count). The number of nitrogens with zero attached hydrogens (tertiary/aromatic N) is 4. The lowest BCUT2D eigenvalue weighted by atomic mass is 10.00. The number of hydrogen-bond donors (Lipinski definition) is 1. The number of carbonyl (C=O) groups excluding carboxylic acids is 1. The van der Waals surface area contributed by atoms with Gasteiger partial charge in [0.1, 0.15) is 0 Å². The Kier molecular flexibility index (Phi) is 4.86. The van der Waals surface area contributed by atoms with Crippen LogP contribution in [0.2, 0.25) is 0 Å². The lowest BCUT2D eigenvalue weighted by Gasteiger charge is -2.25. The average molecular weight is 438 g/mol. The third-order valence-electron chi connectivity index (χ3n) is 5.89. The first-order valence-corrected chi connectivity index (χ1v) is 11.8. The highest BCUT2D eigenvalue weighted by atomic mass is 32.2. The highest BCUT2D eigenvalue weighted by Gasteiger charge is 2.32. The zero-order chi connectivity index (χ0) is 21.6. The second-order valence-corrected chi connectivity index (χ2v) is 9.69. The van der Waals surface area contributed by atoms with Crippen molar-refractivity contribution in [2.24, 2.45) is 0 Å². The molecule has 2 aromatic heterocycles. The monoisotopic (exact) mass is 437 g/mol. The molecule has 160 valence electrons. The summed E-state index contributed by atoms with van der Waals surface area (Å²) in [7, 11) is -3.65. The molecule has 0 aliphatic carbocycles. The minimum atomic E-state index is -3.65. The molecule has 31 heavy (non-hydrogen) atoms. The van der Waals surface area contributed by atoms with E-state index in [1.807, 2.05) is 25.1 Å². The van der Waals surface area contributed by atoms with Crippen LogP contribution in [0, 0.1) is 6.92 Å². The van der Waals surface area contributed by atoms with Gasteiger partial charge < -0.3 is 4.90 Å². The fourth-order valence-electron chi connectivity index (χ4n) is 4.34. The van der Waals surface area contributed by atoms with Gasteiger partial charge >= 0.3 is 0 Å². The van der Waals surface area contributed by atoms with E-state index in [2.05, 4.69) is 14.8 Å². The maximum absolute atomic E-state index is 12.9. The number of pyridine rings is 1.